The molecule has 34 heavy (non-hydrogen) atoms. The molecule has 1 saturated heterocycles. The van der Waals surface area contributed by atoms with Crippen LogP contribution in [-0.4, -0.2) is 34.1 Å². The fourth-order valence-electron chi connectivity index (χ4n) is 5.33. The summed E-state index contributed by atoms with van der Waals surface area (Å²) in [6, 6.07) is 27.7. The summed E-state index contributed by atoms with van der Waals surface area (Å²) in [4.78, 5) is 8.17. The molecule has 1 unspecified atom stereocenters. The van der Waals surface area contributed by atoms with Gasteiger partial charge < -0.3 is 10.3 Å². The van der Waals surface area contributed by atoms with Gasteiger partial charge in [0.15, 0.2) is 5.11 Å². The molecule has 170 valence electrons. The van der Waals surface area contributed by atoms with Crippen LogP contribution >= 0.6 is 12.2 Å². The van der Waals surface area contributed by atoms with E-state index < -0.39 is 0 Å². The summed E-state index contributed by atoms with van der Waals surface area (Å²) in [5.74, 6) is 0. The number of aromatic amines is 1. The minimum Gasteiger partial charge on any atom is -0.361 e. The standard InChI is InChI=1S/C29H28N4S/c34-29(33(23-8-3-1-4-9-23)24-10-5-2-6-11-24)31-22-13-14-28-26(19-22)27(20-30-28)21-15-17-32-16-7-12-25(32)18-21/h1-6,8-11,13-15,19-20,25,30H,7,12,16-18H2,(H,31,34). The van der Waals surface area contributed by atoms with E-state index in [0.717, 1.165) is 35.5 Å². The molecule has 3 aromatic carbocycles. The van der Waals surface area contributed by atoms with Crippen molar-refractivity contribution in [2.45, 2.75) is 25.3 Å². The number of hydrogen-bond donors (Lipinski definition) is 2. The molecule has 1 fully saturated rings. The number of rotatable bonds is 4. The zero-order valence-corrected chi connectivity index (χ0v) is 19.9. The van der Waals surface area contributed by atoms with Crippen LogP contribution in [0.4, 0.5) is 17.1 Å². The van der Waals surface area contributed by atoms with Crippen molar-refractivity contribution in [3.05, 3.63) is 96.7 Å². The van der Waals surface area contributed by atoms with Gasteiger partial charge in [-0.1, -0.05) is 42.5 Å². The number of hydrogen-bond acceptors (Lipinski definition) is 2. The lowest BCUT2D eigenvalue weighted by Crippen LogP contribution is -2.32. The van der Waals surface area contributed by atoms with E-state index in [9.17, 15) is 0 Å². The maximum absolute atomic E-state index is 5.92. The molecule has 0 saturated carbocycles. The fraction of sp³-hybridized carbons (Fsp3) is 0.207. The Bertz CT molecular complexity index is 1300. The summed E-state index contributed by atoms with van der Waals surface area (Å²) in [6.45, 7) is 2.31. The first-order chi connectivity index (χ1) is 16.8. The SMILES string of the molecule is S=C(Nc1ccc2[nH]cc(C3=CCN4CCCC4C3)c2c1)N(c1ccccc1)c1ccccc1. The van der Waals surface area contributed by atoms with Crippen LogP contribution in [0.2, 0.25) is 0 Å². The molecular weight excluding hydrogens is 436 g/mol. The molecule has 4 nitrogen and oxygen atoms in total. The monoisotopic (exact) mass is 464 g/mol. The number of nitrogens with one attached hydrogen (secondary N) is 2. The molecule has 0 amide bonds. The Kier molecular flexibility index (Phi) is 5.65. The van der Waals surface area contributed by atoms with E-state index in [-0.39, 0.29) is 0 Å². The smallest absolute Gasteiger partial charge is 0.182 e. The summed E-state index contributed by atoms with van der Waals surface area (Å²) in [7, 11) is 0. The molecule has 0 aliphatic carbocycles. The number of aromatic nitrogens is 1. The quantitative estimate of drug-likeness (QED) is 0.320. The minimum atomic E-state index is 0.646. The number of nitrogens with zero attached hydrogens (tertiary/aromatic N) is 2. The molecule has 0 bridgehead atoms. The van der Waals surface area contributed by atoms with Gasteiger partial charge in [-0.2, -0.15) is 0 Å². The lowest BCUT2D eigenvalue weighted by Gasteiger charge is -2.29. The molecule has 6 rings (SSSR count). The highest BCUT2D eigenvalue weighted by Gasteiger charge is 2.28. The Morgan fingerprint density at radius 3 is 2.44 bits per heavy atom. The van der Waals surface area contributed by atoms with Gasteiger partial charge in [0.2, 0.25) is 0 Å². The van der Waals surface area contributed by atoms with Crippen LogP contribution in [0.5, 0.6) is 0 Å². The molecule has 2 aliphatic rings. The molecule has 1 aromatic heterocycles. The van der Waals surface area contributed by atoms with Gasteiger partial charge in [-0.15, -0.1) is 0 Å². The van der Waals surface area contributed by atoms with Crippen molar-refractivity contribution in [3.63, 3.8) is 0 Å². The maximum atomic E-state index is 5.92. The van der Waals surface area contributed by atoms with Crippen molar-refractivity contribution >= 4 is 50.9 Å². The molecule has 0 radical (unpaired) electrons. The van der Waals surface area contributed by atoms with Crippen LogP contribution in [0, 0.1) is 0 Å². The number of fused-ring (bicyclic) bond motifs is 2. The molecule has 2 aliphatic heterocycles. The zero-order valence-electron chi connectivity index (χ0n) is 19.1. The average molecular weight is 465 g/mol. The van der Waals surface area contributed by atoms with Crippen molar-refractivity contribution in [3.8, 4) is 0 Å². The summed E-state index contributed by atoms with van der Waals surface area (Å²) in [5, 5.41) is 5.40. The zero-order chi connectivity index (χ0) is 22.9. The first-order valence-corrected chi connectivity index (χ1v) is 12.4. The lowest BCUT2D eigenvalue weighted by molar-refractivity contribution is 0.275. The highest BCUT2D eigenvalue weighted by atomic mass is 32.1. The molecule has 2 N–H and O–H groups in total. The maximum Gasteiger partial charge on any atom is 0.182 e. The molecule has 0 spiro atoms. The van der Waals surface area contributed by atoms with Crippen LogP contribution in [0.15, 0.2) is 91.1 Å². The van der Waals surface area contributed by atoms with E-state index in [1.54, 1.807) is 0 Å². The van der Waals surface area contributed by atoms with E-state index in [1.807, 2.05) is 36.4 Å². The van der Waals surface area contributed by atoms with Gasteiger partial charge in [-0.05, 0) is 86.1 Å². The van der Waals surface area contributed by atoms with E-state index in [2.05, 4.69) is 74.8 Å². The van der Waals surface area contributed by atoms with E-state index >= 15 is 0 Å². The van der Waals surface area contributed by atoms with Crippen molar-refractivity contribution < 1.29 is 0 Å². The van der Waals surface area contributed by atoms with Gasteiger partial charge in [-0.25, -0.2) is 0 Å². The highest BCUT2D eigenvalue weighted by Crippen LogP contribution is 2.36. The highest BCUT2D eigenvalue weighted by molar-refractivity contribution is 7.80. The average Bonchev–Trinajstić information content (AvgIpc) is 3.52. The second-order valence-electron chi connectivity index (χ2n) is 9.12. The third-order valence-electron chi connectivity index (χ3n) is 7.04. The van der Waals surface area contributed by atoms with Crippen LogP contribution in [0.1, 0.15) is 24.8 Å². The van der Waals surface area contributed by atoms with Crippen molar-refractivity contribution in [1.82, 2.24) is 9.88 Å². The van der Waals surface area contributed by atoms with Gasteiger partial charge in [0, 0.05) is 52.3 Å². The topological polar surface area (TPSA) is 34.3 Å². The molecule has 4 aromatic rings. The molecule has 3 heterocycles. The van der Waals surface area contributed by atoms with Crippen LogP contribution < -0.4 is 10.2 Å². The predicted octanol–water partition coefficient (Wildman–Crippen LogP) is 6.95. The fourth-order valence-corrected chi connectivity index (χ4v) is 5.66. The Labute approximate surface area is 205 Å². The first kappa shape index (κ1) is 21.1. The van der Waals surface area contributed by atoms with E-state index in [0.29, 0.717) is 11.2 Å². The first-order valence-electron chi connectivity index (χ1n) is 12.0. The molecule has 5 heteroatoms. The third-order valence-corrected chi connectivity index (χ3v) is 7.32. The number of thiocarbonyl (C=S) groups is 1. The number of benzene rings is 3. The van der Waals surface area contributed by atoms with Crippen molar-refractivity contribution in [1.29, 1.82) is 0 Å². The third kappa shape index (κ3) is 4.02. The lowest BCUT2D eigenvalue weighted by atomic mass is 9.94. The van der Waals surface area contributed by atoms with Gasteiger partial charge in [-0.3, -0.25) is 9.80 Å². The number of H-pyrrole nitrogens is 1. The van der Waals surface area contributed by atoms with Crippen LogP contribution in [0.25, 0.3) is 16.5 Å². The van der Waals surface area contributed by atoms with Crippen LogP contribution in [0.3, 0.4) is 0 Å². The molecule has 1 atom stereocenters. The van der Waals surface area contributed by atoms with E-state index in [4.69, 9.17) is 12.2 Å². The summed E-state index contributed by atoms with van der Waals surface area (Å²) in [6.07, 6.45) is 8.37. The van der Waals surface area contributed by atoms with Gasteiger partial charge in [0.05, 0.1) is 0 Å². The van der Waals surface area contributed by atoms with Crippen molar-refractivity contribution in [2.75, 3.05) is 23.3 Å². The Balaban J connectivity index is 1.30. The Hall–Kier alpha value is -3.41. The summed E-state index contributed by atoms with van der Waals surface area (Å²) >= 11 is 5.92. The summed E-state index contributed by atoms with van der Waals surface area (Å²) in [5.41, 5.74) is 6.99. The Morgan fingerprint density at radius 2 is 1.71 bits per heavy atom. The van der Waals surface area contributed by atoms with Gasteiger partial charge >= 0.3 is 0 Å². The van der Waals surface area contributed by atoms with Crippen LogP contribution in [-0.2, 0) is 0 Å². The second kappa shape index (κ2) is 9.09. The largest absolute Gasteiger partial charge is 0.361 e. The predicted molar refractivity (Wildman–Crippen MR) is 147 cm³/mol. The second-order valence-corrected chi connectivity index (χ2v) is 9.51. The van der Waals surface area contributed by atoms with Crippen molar-refractivity contribution in [2.24, 2.45) is 0 Å². The van der Waals surface area contributed by atoms with Gasteiger partial charge in [0.25, 0.3) is 0 Å². The number of para-hydroxylation sites is 2. The minimum absolute atomic E-state index is 0.646. The van der Waals surface area contributed by atoms with E-state index in [1.165, 1.54) is 35.9 Å². The number of anilines is 3. The summed E-state index contributed by atoms with van der Waals surface area (Å²) < 4.78 is 0. The molecular formula is C29H28N4S. The normalized spacial score (nSPS) is 17.9. The van der Waals surface area contributed by atoms with Gasteiger partial charge in [0.1, 0.15) is 0 Å². The Morgan fingerprint density at radius 1 is 0.971 bits per heavy atom.